The molecular formula is C16H14IN3. The number of fused-ring (bicyclic) bond motifs is 1. The minimum Gasteiger partial charge on any atom is -0.339 e. The summed E-state index contributed by atoms with van der Waals surface area (Å²) >= 11 is 2.30. The highest BCUT2D eigenvalue weighted by Crippen LogP contribution is 2.27. The van der Waals surface area contributed by atoms with E-state index in [-0.39, 0.29) is 0 Å². The molecule has 0 fully saturated rings. The van der Waals surface area contributed by atoms with Gasteiger partial charge in [-0.3, -0.25) is 0 Å². The smallest absolute Gasteiger partial charge is 0.141 e. The van der Waals surface area contributed by atoms with Gasteiger partial charge in [0.05, 0.1) is 5.52 Å². The zero-order valence-corrected chi connectivity index (χ0v) is 13.5. The lowest BCUT2D eigenvalue weighted by Gasteiger charge is -2.12. The lowest BCUT2D eigenvalue weighted by atomic mass is 10.1. The number of rotatable bonds is 2. The summed E-state index contributed by atoms with van der Waals surface area (Å²) in [6.07, 6.45) is 1.60. The van der Waals surface area contributed by atoms with Crippen molar-refractivity contribution >= 4 is 45.0 Å². The number of hydrogen-bond acceptors (Lipinski definition) is 3. The van der Waals surface area contributed by atoms with Crippen LogP contribution in [0.25, 0.3) is 10.9 Å². The Hall–Kier alpha value is -1.69. The van der Waals surface area contributed by atoms with Gasteiger partial charge < -0.3 is 5.32 Å². The standard InChI is InChI=1S/C16H14IN3/c1-10-4-3-5-14(11(10)2)20-16-13-8-12(17)6-7-15(13)18-9-19-16/h3-9H,1-2H3,(H,18,19,20). The molecule has 3 rings (SSSR count). The Morgan fingerprint density at radius 1 is 1.05 bits per heavy atom. The van der Waals surface area contributed by atoms with Gasteiger partial charge >= 0.3 is 0 Å². The summed E-state index contributed by atoms with van der Waals surface area (Å²) in [4.78, 5) is 8.70. The molecule has 0 atom stereocenters. The normalized spacial score (nSPS) is 10.8. The summed E-state index contributed by atoms with van der Waals surface area (Å²) in [5.74, 6) is 0.849. The van der Waals surface area contributed by atoms with Gasteiger partial charge in [-0.15, -0.1) is 0 Å². The Bertz CT molecular complexity index is 784. The Labute approximate surface area is 131 Å². The molecule has 0 saturated carbocycles. The van der Waals surface area contributed by atoms with Crippen molar-refractivity contribution in [3.8, 4) is 0 Å². The highest BCUT2D eigenvalue weighted by Gasteiger charge is 2.07. The van der Waals surface area contributed by atoms with Crippen molar-refractivity contribution in [2.75, 3.05) is 5.32 Å². The predicted octanol–water partition coefficient (Wildman–Crippen LogP) is 4.59. The van der Waals surface area contributed by atoms with Crippen molar-refractivity contribution in [3.05, 3.63) is 57.4 Å². The second kappa shape index (κ2) is 5.36. The molecule has 1 aromatic heterocycles. The molecule has 100 valence electrons. The van der Waals surface area contributed by atoms with Crippen LogP contribution in [-0.2, 0) is 0 Å². The maximum Gasteiger partial charge on any atom is 0.141 e. The number of halogens is 1. The third-order valence-electron chi connectivity index (χ3n) is 3.46. The van der Waals surface area contributed by atoms with Gasteiger partial charge in [-0.2, -0.15) is 0 Å². The molecule has 2 aromatic carbocycles. The largest absolute Gasteiger partial charge is 0.339 e. The molecule has 3 nitrogen and oxygen atoms in total. The fourth-order valence-electron chi connectivity index (χ4n) is 2.14. The molecular weight excluding hydrogens is 361 g/mol. The summed E-state index contributed by atoms with van der Waals surface area (Å²) in [5.41, 5.74) is 4.55. The van der Waals surface area contributed by atoms with E-state index in [0.717, 1.165) is 22.4 Å². The fourth-order valence-corrected chi connectivity index (χ4v) is 2.63. The number of aryl methyl sites for hydroxylation is 1. The molecule has 0 spiro atoms. The molecule has 0 bridgehead atoms. The molecule has 0 aliphatic carbocycles. The second-order valence-corrected chi connectivity index (χ2v) is 6.00. The van der Waals surface area contributed by atoms with E-state index in [1.54, 1.807) is 6.33 Å². The Balaban J connectivity index is 2.11. The Morgan fingerprint density at radius 2 is 1.90 bits per heavy atom. The minimum atomic E-state index is 0.849. The highest BCUT2D eigenvalue weighted by molar-refractivity contribution is 14.1. The molecule has 0 saturated heterocycles. The lowest BCUT2D eigenvalue weighted by Crippen LogP contribution is -1.98. The summed E-state index contributed by atoms with van der Waals surface area (Å²) in [6, 6.07) is 12.4. The van der Waals surface area contributed by atoms with Gasteiger partial charge in [-0.05, 0) is 71.8 Å². The van der Waals surface area contributed by atoms with Crippen molar-refractivity contribution in [2.45, 2.75) is 13.8 Å². The third kappa shape index (κ3) is 2.47. The summed E-state index contributed by atoms with van der Waals surface area (Å²) in [7, 11) is 0. The van der Waals surface area contributed by atoms with Crippen LogP contribution < -0.4 is 5.32 Å². The van der Waals surface area contributed by atoms with Crippen LogP contribution in [0.1, 0.15) is 11.1 Å². The maximum atomic E-state index is 4.39. The zero-order chi connectivity index (χ0) is 14.1. The van der Waals surface area contributed by atoms with Gasteiger partial charge in [0.2, 0.25) is 0 Å². The van der Waals surface area contributed by atoms with Gasteiger partial charge in [-0.25, -0.2) is 9.97 Å². The highest BCUT2D eigenvalue weighted by atomic mass is 127. The van der Waals surface area contributed by atoms with Crippen molar-refractivity contribution in [1.29, 1.82) is 0 Å². The maximum absolute atomic E-state index is 4.39. The Morgan fingerprint density at radius 3 is 2.75 bits per heavy atom. The average Bonchev–Trinajstić information content (AvgIpc) is 2.44. The van der Waals surface area contributed by atoms with E-state index in [0.29, 0.717) is 0 Å². The molecule has 0 amide bonds. The third-order valence-corrected chi connectivity index (χ3v) is 4.13. The van der Waals surface area contributed by atoms with Crippen molar-refractivity contribution in [3.63, 3.8) is 0 Å². The lowest BCUT2D eigenvalue weighted by molar-refractivity contribution is 1.21. The van der Waals surface area contributed by atoms with Crippen molar-refractivity contribution in [1.82, 2.24) is 9.97 Å². The monoisotopic (exact) mass is 375 g/mol. The molecule has 0 unspecified atom stereocenters. The number of hydrogen-bond donors (Lipinski definition) is 1. The van der Waals surface area contributed by atoms with E-state index in [1.807, 2.05) is 6.07 Å². The van der Waals surface area contributed by atoms with Crippen LogP contribution in [0.3, 0.4) is 0 Å². The minimum absolute atomic E-state index is 0.849. The fraction of sp³-hybridized carbons (Fsp3) is 0.125. The second-order valence-electron chi connectivity index (χ2n) is 4.76. The molecule has 4 heteroatoms. The van der Waals surface area contributed by atoms with E-state index in [9.17, 15) is 0 Å². The zero-order valence-electron chi connectivity index (χ0n) is 11.3. The number of nitrogens with one attached hydrogen (secondary N) is 1. The molecule has 3 aromatic rings. The SMILES string of the molecule is Cc1cccc(Nc2ncnc3ccc(I)cc23)c1C. The van der Waals surface area contributed by atoms with Crippen LogP contribution in [0.15, 0.2) is 42.7 Å². The van der Waals surface area contributed by atoms with E-state index in [2.05, 4.69) is 82.1 Å². The first-order valence-corrected chi connectivity index (χ1v) is 7.46. The first-order valence-electron chi connectivity index (χ1n) is 6.38. The first-order chi connectivity index (χ1) is 9.65. The molecule has 1 N–H and O–H groups in total. The van der Waals surface area contributed by atoms with Gasteiger partial charge in [0.25, 0.3) is 0 Å². The molecule has 0 aliphatic rings. The topological polar surface area (TPSA) is 37.8 Å². The molecule has 0 radical (unpaired) electrons. The summed E-state index contributed by atoms with van der Waals surface area (Å²) in [6.45, 7) is 4.23. The van der Waals surface area contributed by atoms with Crippen LogP contribution in [0.4, 0.5) is 11.5 Å². The van der Waals surface area contributed by atoms with Crippen LogP contribution >= 0.6 is 22.6 Å². The predicted molar refractivity (Wildman–Crippen MR) is 91.5 cm³/mol. The quantitative estimate of drug-likeness (QED) is 0.666. The average molecular weight is 375 g/mol. The van der Waals surface area contributed by atoms with Crippen LogP contribution in [-0.4, -0.2) is 9.97 Å². The van der Waals surface area contributed by atoms with Gasteiger partial charge in [-0.1, -0.05) is 12.1 Å². The number of benzene rings is 2. The van der Waals surface area contributed by atoms with Crippen LogP contribution in [0, 0.1) is 17.4 Å². The number of anilines is 2. The van der Waals surface area contributed by atoms with Crippen LogP contribution in [0.2, 0.25) is 0 Å². The summed E-state index contributed by atoms with van der Waals surface area (Å²) < 4.78 is 1.17. The Kier molecular flexibility index (Phi) is 3.56. The van der Waals surface area contributed by atoms with E-state index >= 15 is 0 Å². The first kappa shape index (κ1) is 13.3. The van der Waals surface area contributed by atoms with Crippen molar-refractivity contribution < 1.29 is 0 Å². The number of nitrogens with zero attached hydrogens (tertiary/aromatic N) is 2. The van der Waals surface area contributed by atoms with Gasteiger partial charge in [0, 0.05) is 14.6 Å². The van der Waals surface area contributed by atoms with Gasteiger partial charge in [0.15, 0.2) is 0 Å². The van der Waals surface area contributed by atoms with Crippen molar-refractivity contribution in [2.24, 2.45) is 0 Å². The van der Waals surface area contributed by atoms with E-state index < -0.39 is 0 Å². The van der Waals surface area contributed by atoms with Gasteiger partial charge in [0.1, 0.15) is 12.1 Å². The molecule has 0 aliphatic heterocycles. The van der Waals surface area contributed by atoms with Crippen LogP contribution in [0.5, 0.6) is 0 Å². The van der Waals surface area contributed by atoms with E-state index in [4.69, 9.17) is 0 Å². The number of aromatic nitrogens is 2. The van der Waals surface area contributed by atoms with E-state index in [1.165, 1.54) is 14.7 Å². The molecule has 20 heavy (non-hydrogen) atoms. The molecule has 1 heterocycles. The summed E-state index contributed by atoms with van der Waals surface area (Å²) in [5, 5.41) is 4.47.